The number of nitrogens with zero attached hydrogens (tertiary/aromatic N) is 3. The lowest BCUT2D eigenvalue weighted by molar-refractivity contribution is 0.0822. The minimum Gasteiger partial charge on any atom is -0.444 e. The van der Waals surface area contributed by atoms with Crippen molar-refractivity contribution in [3.63, 3.8) is 0 Å². The van der Waals surface area contributed by atoms with Gasteiger partial charge in [-0.25, -0.2) is 9.97 Å². The van der Waals surface area contributed by atoms with Crippen LogP contribution in [0.3, 0.4) is 0 Å². The zero-order chi connectivity index (χ0) is 16.8. The lowest BCUT2D eigenvalue weighted by Gasteiger charge is -2.18. The van der Waals surface area contributed by atoms with E-state index in [1.807, 2.05) is 6.20 Å². The number of hydrogen-bond donors (Lipinski definition) is 1. The van der Waals surface area contributed by atoms with Gasteiger partial charge in [-0.15, -0.1) is 0 Å². The lowest BCUT2D eigenvalue weighted by Crippen LogP contribution is -2.21. The van der Waals surface area contributed by atoms with E-state index in [4.69, 9.17) is 4.42 Å². The molecule has 1 N–H and O–H groups in total. The van der Waals surface area contributed by atoms with Crippen molar-refractivity contribution in [3.8, 4) is 11.5 Å². The van der Waals surface area contributed by atoms with Crippen LogP contribution in [-0.4, -0.2) is 39.9 Å². The van der Waals surface area contributed by atoms with Crippen LogP contribution in [0.2, 0.25) is 0 Å². The van der Waals surface area contributed by atoms with Crippen LogP contribution in [0.4, 0.5) is 0 Å². The fourth-order valence-corrected chi connectivity index (χ4v) is 2.32. The van der Waals surface area contributed by atoms with Gasteiger partial charge in [-0.2, -0.15) is 0 Å². The Balaban J connectivity index is 2.08. The minimum absolute atomic E-state index is 0.00162. The fourth-order valence-electron chi connectivity index (χ4n) is 2.32. The largest absolute Gasteiger partial charge is 0.444 e. The Morgan fingerprint density at radius 3 is 2.70 bits per heavy atom. The van der Waals surface area contributed by atoms with Crippen molar-refractivity contribution < 1.29 is 9.21 Å². The van der Waals surface area contributed by atoms with E-state index in [0.717, 1.165) is 22.2 Å². The number of pyridine rings is 1. The second kappa shape index (κ2) is 5.22. The number of aromatic nitrogens is 3. The highest BCUT2D eigenvalue weighted by Gasteiger charge is 2.20. The standard InChI is InChI=1S/C17H20N4O2/c1-17(2,3)10-6-11-12(8-19-14(11)18-7-10)15-20-13(9-23-15)16(22)21(4)5/h6-9H,1-5H3,(H,18,19). The molecule has 0 aromatic carbocycles. The molecule has 23 heavy (non-hydrogen) atoms. The van der Waals surface area contributed by atoms with E-state index < -0.39 is 0 Å². The normalized spacial score (nSPS) is 11.9. The van der Waals surface area contributed by atoms with Crippen LogP contribution in [0.5, 0.6) is 0 Å². The molecule has 6 nitrogen and oxygen atoms in total. The zero-order valence-corrected chi connectivity index (χ0v) is 14.0. The molecular formula is C17H20N4O2. The Morgan fingerprint density at radius 2 is 2.04 bits per heavy atom. The van der Waals surface area contributed by atoms with E-state index in [0.29, 0.717) is 11.6 Å². The van der Waals surface area contributed by atoms with E-state index in [2.05, 4.69) is 41.8 Å². The van der Waals surface area contributed by atoms with Crippen LogP contribution in [0, 0.1) is 0 Å². The van der Waals surface area contributed by atoms with Gasteiger partial charge in [0.25, 0.3) is 5.91 Å². The molecule has 0 spiro atoms. The smallest absolute Gasteiger partial charge is 0.275 e. The third-order valence-electron chi connectivity index (χ3n) is 3.76. The van der Waals surface area contributed by atoms with Crippen molar-refractivity contribution in [2.45, 2.75) is 26.2 Å². The number of aromatic amines is 1. The molecule has 0 bridgehead atoms. The third-order valence-corrected chi connectivity index (χ3v) is 3.76. The Labute approximate surface area is 134 Å². The first-order valence-electron chi connectivity index (χ1n) is 7.42. The minimum atomic E-state index is -0.187. The molecule has 3 aromatic heterocycles. The first-order valence-corrected chi connectivity index (χ1v) is 7.42. The number of amides is 1. The summed E-state index contributed by atoms with van der Waals surface area (Å²) < 4.78 is 5.51. The van der Waals surface area contributed by atoms with Crippen molar-refractivity contribution in [2.24, 2.45) is 0 Å². The second-order valence-corrected chi connectivity index (χ2v) is 6.81. The van der Waals surface area contributed by atoms with Gasteiger partial charge in [0.1, 0.15) is 11.9 Å². The van der Waals surface area contributed by atoms with Crippen molar-refractivity contribution in [3.05, 3.63) is 36.0 Å². The molecule has 3 heterocycles. The molecule has 1 amide bonds. The topological polar surface area (TPSA) is 75.0 Å². The predicted octanol–water partition coefficient (Wildman–Crippen LogP) is 3.22. The summed E-state index contributed by atoms with van der Waals surface area (Å²) in [6.45, 7) is 6.42. The Morgan fingerprint density at radius 1 is 1.30 bits per heavy atom. The number of H-pyrrole nitrogens is 1. The summed E-state index contributed by atoms with van der Waals surface area (Å²) in [7, 11) is 3.36. The molecular weight excluding hydrogens is 292 g/mol. The number of fused-ring (bicyclic) bond motifs is 1. The molecule has 0 saturated carbocycles. The summed E-state index contributed by atoms with van der Waals surface area (Å²) in [5.41, 5.74) is 2.99. The van der Waals surface area contributed by atoms with Crippen LogP contribution < -0.4 is 0 Å². The number of rotatable bonds is 2. The molecule has 120 valence electrons. The van der Waals surface area contributed by atoms with Crippen LogP contribution in [0.25, 0.3) is 22.5 Å². The molecule has 0 fully saturated rings. The van der Waals surface area contributed by atoms with Crippen LogP contribution in [0.1, 0.15) is 36.8 Å². The molecule has 0 atom stereocenters. The molecule has 3 rings (SSSR count). The molecule has 0 aliphatic heterocycles. The number of carbonyl (C=O) groups excluding carboxylic acids is 1. The van der Waals surface area contributed by atoms with Gasteiger partial charge in [0.05, 0.1) is 5.56 Å². The summed E-state index contributed by atoms with van der Waals surface area (Å²) in [6, 6.07) is 2.09. The van der Waals surface area contributed by atoms with Crippen molar-refractivity contribution in [1.82, 2.24) is 19.9 Å². The van der Waals surface area contributed by atoms with E-state index >= 15 is 0 Å². The number of nitrogens with one attached hydrogen (secondary N) is 1. The van der Waals surface area contributed by atoms with Gasteiger partial charge < -0.3 is 14.3 Å². The van der Waals surface area contributed by atoms with Crippen molar-refractivity contribution >= 4 is 16.9 Å². The van der Waals surface area contributed by atoms with Crippen LogP contribution in [-0.2, 0) is 5.41 Å². The SMILES string of the molecule is CN(C)C(=O)c1coc(-c2c[nH]c3ncc(C(C)(C)C)cc23)n1. The quantitative estimate of drug-likeness (QED) is 0.788. The van der Waals surface area contributed by atoms with Crippen LogP contribution in [0.15, 0.2) is 29.1 Å². The van der Waals surface area contributed by atoms with Gasteiger partial charge in [0, 0.05) is 31.9 Å². The van der Waals surface area contributed by atoms with Gasteiger partial charge in [-0.3, -0.25) is 4.79 Å². The van der Waals surface area contributed by atoms with E-state index in [9.17, 15) is 4.79 Å². The third kappa shape index (κ3) is 2.72. The maximum Gasteiger partial charge on any atom is 0.275 e. The zero-order valence-electron chi connectivity index (χ0n) is 14.0. The highest BCUT2D eigenvalue weighted by Crippen LogP contribution is 2.31. The Hall–Kier alpha value is -2.63. The van der Waals surface area contributed by atoms with E-state index in [-0.39, 0.29) is 11.3 Å². The molecule has 0 aliphatic rings. The first kappa shape index (κ1) is 15.3. The molecule has 3 aromatic rings. The highest BCUT2D eigenvalue weighted by atomic mass is 16.3. The number of oxazole rings is 1. The highest BCUT2D eigenvalue weighted by molar-refractivity contribution is 5.94. The van der Waals surface area contributed by atoms with E-state index in [1.165, 1.54) is 11.2 Å². The molecule has 0 unspecified atom stereocenters. The maximum absolute atomic E-state index is 12.0. The Kier molecular flexibility index (Phi) is 3.47. The summed E-state index contributed by atoms with van der Waals surface area (Å²) in [5.74, 6) is 0.225. The molecule has 0 radical (unpaired) electrons. The fraction of sp³-hybridized carbons (Fsp3) is 0.353. The summed E-state index contributed by atoms with van der Waals surface area (Å²) >= 11 is 0. The van der Waals surface area contributed by atoms with Crippen molar-refractivity contribution in [1.29, 1.82) is 0 Å². The van der Waals surface area contributed by atoms with Gasteiger partial charge in [0.2, 0.25) is 5.89 Å². The van der Waals surface area contributed by atoms with Gasteiger partial charge in [0.15, 0.2) is 5.69 Å². The maximum atomic E-state index is 12.0. The average Bonchev–Trinajstić information content (AvgIpc) is 3.10. The monoisotopic (exact) mass is 312 g/mol. The first-order chi connectivity index (χ1) is 10.8. The lowest BCUT2D eigenvalue weighted by atomic mass is 9.88. The summed E-state index contributed by atoms with van der Waals surface area (Å²) in [6.07, 6.45) is 5.07. The molecule has 0 aliphatic carbocycles. The average molecular weight is 312 g/mol. The predicted molar refractivity (Wildman–Crippen MR) is 88.3 cm³/mol. The number of carbonyl (C=O) groups is 1. The van der Waals surface area contributed by atoms with Gasteiger partial charge >= 0.3 is 0 Å². The molecule has 6 heteroatoms. The van der Waals surface area contributed by atoms with E-state index in [1.54, 1.807) is 20.3 Å². The summed E-state index contributed by atoms with van der Waals surface area (Å²) in [4.78, 5) is 25.3. The second-order valence-electron chi connectivity index (χ2n) is 6.81. The van der Waals surface area contributed by atoms with Crippen molar-refractivity contribution in [2.75, 3.05) is 14.1 Å². The van der Waals surface area contributed by atoms with Crippen LogP contribution >= 0.6 is 0 Å². The molecule has 0 saturated heterocycles. The Bertz CT molecular complexity index is 868. The summed E-state index contributed by atoms with van der Waals surface area (Å²) in [5, 5.41) is 0.933. The number of hydrogen-bond acceptors (Lipinski definition) is 4. The van der Waals surface area contributed by atoms with Gasteiger partial charge in [-0.05, 0) is 17.0 Å². The van der Waals surface area contributed by atoms with Gasteiger partial charge in [-0.1, -0.05) is 20.8 Å².